The first kappa shape index (κ1) is 12.9. The zero-order valence-electron chi connectivity index (χ0n) is 11.4. The van der Waals surface area contributed by atoms with E-state index in [1.54, 1.807) is 0 Å². The molecule has 5 heteroatoms. The lowest BCUT2D eigenvalue weighted by Gasteiger charge is -2.57. The van der Waals surface area contributed by atoms with Gasteiger partial charge >= 0.3 is 0 Å². The molecule has 104 valence electrons. The van der Waals surface area contributed by atoms with Crippen LogP contribution in [0.3, 0.4) is 0 Å². The zero-order valence-corrected chi connectivity index (χ0v) is 12.2. The van der Waals surface area contributed by atoms with Crippen molar-refractivity contribution in [2.75, 3.05) is 18.1 Å². The third-order valence-corrected chi connectivity index (χ3v) is 7.01. The van der Waals surface area contributed by atoms with Gasteiger partial charge in [0.1, 0.15) is 0 Å². The summed E-state index contributed by atoms with van der Waals surface area (Å²) in [6.07, 6.45) is 2.20. The van der Waals surface area contributed by atoms with Gasteiger partial charge in [0.05, 0.1) is 17.6 Å². The molecule has 18 heavy (non-hydrogen) atoms. The van der Waals surface area contributed by atoms with Gasteiger partial charge in [-0.3, -0.25) is 0 Å². The Morgan fingerprint density at radius 1 is 1.28 bits per heavy atom. The van der Waals surface area contributed by atoms with E-state index in [-0.39, 0.29) is 16.7 Å². The van der Waals surface area contributed by atoms with Gasteiger partial charge in [0.15, 0.2) is 9.84 Å². The van der Waals surface area contributed by atoms with Gasteiger partial charge in [0.2, 0.25) is 0 Å². The Kier molecular flexibility index (Phi) is 2.65. The highest BCUT2D eigenvalue weighted by molar-refractivity contribution is 7.91. The van der Waals surface area contributed by atoms with Gasteiger partial charge in [0.25, 0.3) is 0 Å². The van der Waals surface area contributed by atoms with Crippen molar-refractivity contribution >= 4 is 9.84 Å². The topological polar surface area (TPSA) is 55.4 Å². The molecule has 0 amide bonds. The standard InChI is InChI=1S/C13H23NO3S/c1-12(2)10(9-4-6-17-11(9)12)14-13(3)5-7-18(15,16)8-13/h9-11,14H,4-8H2,1-3H3. The van der Waals surface area contributed by atoms with Crippen LogP contribution in [0.25, 0.3) is 0 Å². The summed E-state index contributed by atoms with van der Waals surface area (Å²) in [5, 5.41) is 3.65. The van der Waals surface area contributed by atoms with Gasteiger partial charge < -0.3 is 10.1 Å². The van der Waals surface area contributed by atoms with Crippen LogP contribution in [0.5, 0.6) is 0 Å². The lowest BCUT2D eigenvalue weighted by molar-refractivity contribution is -0.119. The fraction of sp³-hybridized carbons (Fsp3) is 1.00. The zero-order chi connectivity index (χ0) is 13.2. The second-order valence-corrected chi connectivity index (χ2v) is 9.27. The molecule has 0 aromatic carbocycles. The minimum atomic E-state index is -2.84. The number of sulfone groups is 1. The molecule has 4 unspecified atom stereocenters. The summed E-state index contributed by atoms with van der Waals surface area (Å²) in [4.78, 5) is 0. The van der Waals surface area contributed by atoms with E-state index >= 15 is 0 Å². The predicted octanol–water partition coefficient (Wildman–Crippen LogP) is 0.967. The second-order valence-electron chi connectivity index (χ2n) is 7.09. The molecule has 0 radical (unpaired) electrons. The highest BCUT2D eigenvalue weighted by Gasteiger charge is 2.60. The average molecular weight is 273 g/mol. The fourth-order valence-corrected chi connectivity index (χ4v) is 6.22. The summed E-state index contributed by atoms with van der Waals surface area (Å²) < 4.78 is 29.1. The molecule has 2 saturated heterocycles. The van der Waals surface area contributed by atoms with Crippen molar-refractivity contribution in [2.45, 2.75) is 51.3 Å². The maximum atomic E-state index is 11.7. The number of hydrogen-bond donors (Lipinski definition) is 1. The third kappa shape index (κ3) is 1.82. The van der Waals surface area contributed by atoms with Crippen LogP contribution in [-0.4, -0.2) is 44.2 Å². The Labute approximate surface area is 109 Å². The average Bonchev–Trinajstić information content (AvgIpc) is 2.79. The van der Waals surface area contributed by atoms with E-state index in [4.69, 9.17) is 4.74 Å². The fourth-order valence-electron chi connectivity index (χ4n) is 4.12. The number of fused-ring (bicyclic) bond motifs is 1. The van der Waals surface area contributed by atoms with Crippen LogP contribution in [-0.2, 0) is 14.6 Å². The van der Waals surface area contributed by atoms with Crippen molar-refractivity contribution in [3.8, 4) is 0 Å². The minimum Gasteiger partial charge on any atom is -0.377 e. The summed E-state index contributed by atoms with van der Waals surface area (Å²) in [6, 6.07) is 0.392. The Morgan fingerprint density at radius 3 is 2.61 bits per heavy atom. The van der Waals surface area contributed by atoms with Gasteiger partial charge in [-0.2, -0.15) is 0 Å². The normalized spacial score (nSPS) is 48.7. The largest absolute Gasteiger partial charge is 0.377 e. The van der Waals surface area contributed by atoms with Crippen LogP contribution in [0.2, 0.25) is 0 Å². The second kappa shape index (κ2) is 3.70. The number of nitrogens with one attached hydrogen (secondary N) is 1. The minimum absolute atomic E-state index is 0.122. The maximum absolute atomic E-state index is 11.7. The van der Waals surface area contributed by atoms with Gasteiger partial charge in [-0.1, -0.05) is 13.8 Å². The monoisotopic (exact) mass is 273 g/mol. The van der Waals surface area contributed by atoms with Crippen molar-refractivity contribution in [1.29, 1.82) is 0 Å². The van der Waals surface area contributed by atoms with Crippen LogP contribution >= 0.6 is 0 Å². The van der Waals surface area contributed by atoms with Gasteiger partial charge in [-0.25, -0.2) is 8.42 Å². The summed E-state index contributed by atoms with van der Waals surface area (Å²) in [5.74, 6) is 1.18. The highest BCUT2D eigenvalue weighted by Crippen LogP contribution is 2.53. The summed E-state index contributed by atoms with van der Waals surface area (Å²) in [6.45, 7) is 7.36. The van der Waals surface area contributed by atoms with Crippen molar-refractivity contribution in [1.82, 2.24) is 5.32 Å². The Hall–Kier alpha value is -0.130. The Morgan fingerprint density at radius 2 is 2.00 bits per heavy atom. The molecule has 1 N–H and O–H groups in total. The predicted molar refractivity (Wildman–Crippen MR) is 70.2 cm³/mol. The van der Waals surface area contributed by atoms with Crippen LogP contribution in [0.15, 0.2) is 0 Å². The molecule has 2 aliphatic heterocycles. The van der Waals surface area contributed by atoms with Gasteiger partial charge in [-0.15, -0.1) is 0 Å². The molecule has 0 spiro atoms. The molecule has 1 saturated carbocycles. The quantitative estimate of drug-likeness (QED) is 0.814. The Balaban J connectivity index is 1.74. The van der Waals surface area contributed by atoms with Crippen LogP contribution in [0.4, 0.5) is 0 Å². The molecular formula is C13H23NO3S. The number of rotatable bonds is 2. The summed E-state index contributed by atoms with van der Waals surface area (Å²) in [7, 11) is -2.84. The molecule has 4 nitrogen and oxygen atoms in total. The molecule has 2 heterocycles. The highest BCUT2D eigenvalue weighted by atomic mass is 32.2. The van der Waals surface area contributed by atoms with E-state index in [1.807, 2.05) is 0 Å². The first-order valence-electron chi connectivity index (χ1n) is 6.83. The van der Waals surface area contributed by atoms with Crippen molar-refractivity contribution in [3.05, 3.63) is 0 Å². The summed E-state index contributed by atoms with van der Waals surface area (Å²) >= 11 is 0. The molecule has 0 aromatic rings. The number of ether oxygens (including phenoxy) is 1. The number of hydrogen-bond acceptors (Lipinski definition) is 4. The smallest absolute Gasteiger partial charge is 0.152 e. The van der Waals surface area contributed by atoms with Crippen molar-refractivity contribution in [2.24, 2.45) is 11.3 Å². The van der Waals surface area contributed by atoms with E-state index in [1.165, 1.54) is 0 Å². The van der Waals surface area contributed by atoms with Crippen molar-refractivity contribution < 1.29 is 13.2 Å². The van der Waals surface area contributed by atoms with E-state index in [0.29, 0.717) is 23.8 Å². The molecule has 1 aliphatic carbocycles. The van der Waals surface area contributed by atoms with Crippen LogP contribution in [0.1, 0.15) is 33.6 Å². The maximum Gasteiger partial charge on any atom is 0.152 e. The molecule has 4 atom stereocenters. The van der Waals surface area contributed by atoms with Crippen LogP contribution in [0, 0.1) is 11.3 Å². The van der Waals surface area contributed by atoms with Gasteiger partial charge in [0, 0.05) is 29.5 Å². The van der Waals surface area contributed by atoms with E-state index in [9.17, 15) is 8.42 Å². The van der Waals surface area contributed by atoms with Crippen LogP contribution < -0.4 is 5.32 Å². The third-order valence-electron chi connectivity index (χ3n) is 5.11. The first-order chi connectivity index (χ1) is 8.24. The first-order valence-corrected chi connectivity index (χ1v) is 8.65. The van der Waals surface area contributed by atoms with Crippen molar-refractivity contribution in [3.63, 3.8) is 0 Å². The molecular weight excluding hydrogens is 250 g/mol. The summed E-state index contributed by atoms with van der Waals surface area (Å²) in [5.41, 5.74) is -0.120. The molecule has 0 bridgehead atoms. The Bertz CT molecular complexity index is 459. The lowest BCUT2D eigenvalue weighted by Crippen LogP contribution is -2.69. The van der Waals surface area contributed by atoms with E-state index < -0.39 is 9.84 Å². The SMILES string of the molecule is CC1(NC2C3CCOC3C2(C)C)CCS(=O)(=O)C1. The molecule has 3 rings (SSSR count). The van der Waals surface area contributed by atoms with Gasteiger partial charge in [-0.05, 0) is 19.8 Å². The molecule has 0 aromatic heterocycles. The molecule has 3 fully saturated rings. The lowest BCUT2D eigenvalue weighted by atomic mass is 9.57. The van der Waals surface area contributed by atoms with E-state index in [2.05, 4.69) is 26.1 Å². The van der Waals surface area contributed by atoms with E-state index in [0.717, 1.165) is 19.4 Å². The molecule has 3 aliphatic rings.